The van der Waals surface area contributed by atoms with E-state index in [9.17, 15) is 4.79 Å². The summed E-state index contributed by atoms with van der Waals surface area (Å²) in [6, 6.07) is 6.38. The molecule has 2 rings (SSSR count). The zero-order chi connectivity index (χ0) is 17.2. The third kappa shape index (κ3) is 3.52. The van der Waals surface area contributed by atoms with Crippen LogP contribution in [0.1, 0.15) is 70.4 Å². The third-order valence-corrected chi connectivity index (χ3v) is 5.02. The Morgan fingerprint density at radius 2 is 2.17 bits per heavy atom. The molecule has 0 aromatic heterocycles. The van der Waals surface area contributed by atoms with Crippen LogP contribution in [0.25, 0.3) is 0 Å². The number of nitrogens with two attached hydrogens (primary N) is 1. The van der Waals surface area contributed by atoms with Gasteiger partial charge in [0.2, 0.25) is 0 Å². The van der Waals surface area contributed by atoms with E-state index in [1.165, 1.54) is 16.8 Å². The van der Waals surface area contributed by atoms with Gasteiger partial charge in [0.05, 0.1) is 0 Å². The first-order chi connectivity index (χ1) is 10.8. The molecular weight excluding hydrogens is 286 g/mol. The first-order valence-electron chi connectivity index (χ1n) is 8.72. The van der Waals surface area contributed by atoms with Crippen LogP contribution in [0.2, 0.25) is 0 Å². The van der Waals surface area contributed by atoms with Crippen LogP contribution in [0.5, 0.6) is 0 Å². The van der Waals surface area contributed by atoms with Crippen molar-refractivity contribution in [3.8, 4) is 0 Å². The second-order valence-corrected chi connectivity index (χ2v) is 7.52. The maximum Gasteiger partial charge on any atom is 0.256 e. The summed E-state index contributed by atoms with van der Waals surface area (Å²) >= 11 is 0. The van der Waals surface area contributed by atoms with E-state index in [0.717, 1.165) is 25.7 Å². The Hall–Kier alpha value is -1.55. The molecule has 0 saturated heterocycles. The largest absolute Gasteiger partial charge is 0.354 e. The molecule has 0 spiro atoms. The van der Waals surface area contributed by atoms with Crippen molar-refractivity contribution >= 4 is 11.6 Å². The minimum absolute atomic E-state index is 0.0782. The van der Waals surface area contributed by atoms with Crippen molar-refractivity contribution in [2.24, 2.45) is 5.84 Å². The van der Waals surface area contributed by atoms with Gasteiger partial charge in [-0.1, -0.05) is 38.8 Å². The quantitative estimate of drug-likeness (QED) is 0.495. The fourth-order valence-electron chi connectivity index (χ4n) is 4.02. The van der Waals surface area contributed by atoms with Crippen molar-refractivity contribution < 1.29 is 4.79 Å². The Balaban J connectivity index is 2.53. The molecule has 2 atom stereocenters. The summed E-state index contributed by atoms with van der Waals surface area (Å²) in [6.07, 6.45) is 3.94. The Bertz CT molecular complexity index is 568. The highest BCUT2D eigenvalue weighted by molar-refractivity contribution is 5.86. The molecule has 3 N–H and O–H groups in total. The predicted molar refractivity (Wildman–Crippen MR) is 96.4 cm³/mol. The van der Waals surface area contributed by atoms with Crippen molar-refractivity contribution in [2.45, 2.75) is 77.8 Å². The molecule has 1 aliphatic heterocycles. The minimum atomic E-state index is -0.219. The molecule has 4 heteroatoms. The summed E-state index contributed by atoms with van der Waals surface area (Å²) in [5.74, 6) is 5.89. The molecule has 4 nitrogen and oxygen atoms in total. The first kappa shape index (κ1) is 17.8. The number of aryl methyl sites for hydroxylation is 1. The molecule has 0 fully saturated rings. The average molecular weight is 317 g/mol. The number of rotatable bonds is 5. The van der Waals surface area contributed by atoms with Crippen molar-refractivity contribution in [2.75, 3.05) is 4.90 Å². The Kier molecular flexibility index (Phi) is 5.35. The van der Waals surface area contributed by atoms with Gasteiger partial charge in [0.1, 0.15) is 6.04 Å². The van der Waals surface area contributed by atoms with Crippen LogP contribution in [0.15, 0.2) is 18.2 Å². The summed E-state index contributed by atoms with van der Waals surface area (Å²) in [4.78, 5) is 14.8. The topological polar surface area (TPSA) is 58.4 Å². The van der Waals surface area contributed by atoms with Crippen molar-refractivity contribution in [1.29, 1.82) is 0 Å². The summed E-state index contributed by atoms with van der Waals surface area (Å²) in [5.41, 5.74) is 6.06. The highest BCUT2D eigenvalue weighted by atomic mass is 16.2. The molecule has 1 amide bonds. The molecule has 0 bridgehead atoms. The predicted octanol–water partition coefficient (Wildman–Crippen LogP) is 3.64. The van der Waals surface area contributed by atoms with E-state index in [0.29, 0.717) is 5.92 Å². The lowest BCUT2D eigenvalue weighted by molar-refractivity contribution is -0.123. The van der Waals surface area contributed by atoms with Crippen LogP contribution in [0.4, 0.5) is 5.69 Å². The fourth-order valence-corrected chi connectivity index (χ4v) is 4.02. The van der Waals surface area contributed by atoms with Gasteiger partial charge < -0.3 is 4.90 Å². The molecular formula is C19H31N3O. The van der Waals surface area contributed by atoms with Gasteiger partial charge in [-0.25, -0.2) is 5.84 Å². The third-order valence-electron chi connectivity index (χ3n) is 5.02. The van der Waals surface area contributed by atoms with Gasteiger partial charge in [0.25, 0.3) is 5.91 Å². The number of carbonyl (C=O) groups excluding carboxylic acids is 1. The van der Waals surface area contributed by atoms with Crippen LogP contribution in [-0.4, -0.2) is 17.5 Å². The number of fused-ring (bicyclic) bond motifs is 1. The summed E-state index contributed by atoms with van der Waals surface area (Å²) in [6.45, 7) is 11.0. The maximum absolute atomic E-state index is 12.5. The lowest BCUT2D eigenvalue weighted by atomic mass is 9.78. The van der Waals surface area contributed by atoms with Crippen LogP contribution >= 0.6 is 0 Å². The van der Waals surface area contributed by atoms with E-state index >= 15 is 0 Å². The highest BCUT2D eigenvalue weighted by Gasteiger charge is 2.42. The van der Waals surface area contributed by atoms with Gasteiger partial charge in [-0.2, -0.15) is 0 Å². The Labute approximate surface area is 140 Å². The molecule has 1 aromatic carbocycles. The molecule has 1 heterocycles. The number of carbonyl (C=O) groups is 1. The number of anilines is 1. The van der Waals surface area contributed by atoms with E-state index in [1.807, 2.05) is 0 Å². The zero-order valence-corrected chi connectivity index (χ0v) is 15.1. The monoisotopic (exact) mass is 317 g/mol. The van der Waals surface area contributed by atoms with Crippen LogP contribution in [-0.2, 0) is 4.79 Å². The van der Waals surface area contributed by atoms with Gasteiger partial charge in [-0.15, -0.1) is 0 Å². The second-order valence-electron chi connectivity index (χ2n) is 7.52. The van der Waals surface area contributed by atoms with Crippen LogP contribution < -0.4 is 16.2 Å². The van der Waals surface area contributed by atoms with E-state index in [-0.39, 0.29) is 17.5 Å². The van der Waals surface area contributed by atoms with Gasteiger partial charge in [0, 0.05) is 11.2 Å². The lowest BCUT2D eigenvalue weighted by Crippen LogP contribution is -2.59. The number of amides is 1. The van der Waals surface area contributed by atoms with Crippen molar-refractivity contribution in [3.05, 3.63) is 29.3 Å². The zero-order valence-electron chi connectivity index (χ0n) is 15.1. The molecule has 0 radical (unpaired) electrons. The lowest BCUT2D eigenvalue weighted by Gasteiger charge is -2.50. The normalized spacial score (nSPS) is 20.8. The summed E-state index contributed by atoms with van der Waals surface area (Å²) in [5, 5.41) is 0. The van der Waals surface area contributed by atoms with Gasteiger partial charge in [-0.3, -0.25) is 10.2 Å². The van der Waals surface area contributed by atoms with Gasteiger partial charge in [-0.05, 0) is 56.7 Å². The molecule has 0 saturated carbocycles. The smallest absolute Gasteiger partial charge is 0.256 e. The Morgan fingerprint density at radius 1 is 1.48 bits per heavy atom. The standard InChI is InChI=1S/C19H31N3O/c1-6-7-8-16(18(23)21-20)22-17-11-13(2)9-10-15(17)14(3)12-19(22,4)5/h9-11,14,16H,6-8,12,20H2,1-5H3,(H,21,23)/t14-,16-/m1/s1. The maximum atomic E-state index is 12.5. The number of nitrogens with one attached hydrogen (secondary N) is 1. The highest BCUT2D eigenvalue weighted by Crippen LogP contribution is 2.45. The molecule has 128 valence electrons. The van der Waals surface area contributed by atoms with Crippen molar-refractivity contribution in [3.63, 3.8) is 0 Å². The number of hydrogen-bond donors (Lipinski definition) is 2. The summed E-state index contributed by atoms with van der Waals surface area (Å²) in [7, 11) is 0. The number of unbranched alkanes of at least 4 members (excludes halogenated alkanes) is 1. The van der Waals surface area contributed by atoms with E-state index in [2.05, 4.69) is 63.1 Å². The molecule has 0 aliphatic carbocycles. The van der Waals surface area contributed by atoms with Gasteiger partial charge in [0.15, 0.2) is 0 Å². The Morgan fingerprint density at radius 3 is 2.78 bits per heavy atom. The second kappa shape index (κ2) is 6.91. The molecule has 23 heavy (non-hydrogen) atoms. The van der Waals surface area contributed by atoms with Crippen LogP contribution in [0.3, 0.4) is 0 Å². The molecule has 1 aliphatic rings. The number of benzene rings is 1. The van der Waals surface area contributed by atoms with E-state index < -0.39 is 0 Å². The number of hydrazine groups is 1. The van der Waals surface area contributed by atoms with Gasteiger partial charge >= 0.3 is 0 Å². The SMILES string of the molecule is CCCC[C@H](C(=O)NN)N1c2cc(C)ccc2[C@H](C)CC1(C)C. The average Bonchev–Trinajstić information content (AvgIpc) is 2.48. The summed E-state index contributed by atoms with van der Waals surface area (Å²) < 4.78 is 0. The fraction of sp³-hybridized carbons (Fsp3) is 0.632. The number of hydrogen-bond acceptors (Lipinski definition) is 3. The first-order valence-corrected chi connectivity index (χ1v) is 8.72. The van der Waals surface area contributed by atoms with Crippen molar-refractivity contribution in [1.82, 2.24) is 5.43 Å². The molecule has 0 unspecified atom stereocenters. The molecule has 1 aromatic rings. The van der Waals surface area contributed by atoms with E-state index in [1.54, 1.807) is 0 Å². The number of nitrogens with zero attached hydrogens (tertiary/aromatic N) is 1. The van der Waals surface area contributed by atoms with E-state index in [4.69, 9.17) is 5.84 Å². The minimum Gasteiger partial charge on any atom is -0.354 e. The van der Waals surface area contributed by atoms with Crippen LogP contribution in [0, 0.1) is 6.92 Å².